The van der Waals surface area contributed by atoms with Crippen LogP contribution in [0.2, 0.25) is 0 Å². The Hall–Kier alpha value is -3.15. The molecule has 3 aromatic rings. The number of halogens is 1. The highest BCUT2D eigenvalue weighted by Gasteiger charge is 2.12. The molecule has 0 atom stereocenters. The molecule has 0 radical (unpaired) electrons. The predicted octanol–water partition coefficient (Wildman–Crippen LogP) is 3.51. The van der Waals surface area contributed by atoms with Gasteiger partial charge in [-0.15, -0.1) is 0 Å². The molecule has 1 heterocycles. The molecule has 25 heavy (non-hydrogen) atoms. The molecule has 0 saturated heterocycles. The third kappa shape index (κ3) is 3.52. The van der Waals surface area contributed by atoms with Gasteiger partial charge in [-0.2, -0.15) is 0 Å². The Morgan fingerprint density at radius 2 is 1.96 bits per heavy atom. The summed E-state index contributed by atoms with van der Waals surface area (Å²) in [6.07, 6.45) is 0. The third-order valence-corrected chi connectivity index (χ3v) is 3.77. The average molecular weight is 342 g/mol. The van der Waals surface area contributed by atoms with Gasteiger partial charge >= 0.3 is 5.63 Å². The molecular formula is C19H15FO5. The normalized spacial score (nSPS) is 10.7. The van der Waals surface area contributed by atoms with E-state index in [1.54, 1.807) is 18.2 Å². The molecule has 0 aliphatic rings. The van der Waals surface area contributed by atoms with E-state index in [1.807, 2.05) is 6.92 Å². The molecule has 0 fully saturated rings. The molecule has 3 rings (SSSR count). The summed E-state index contributed by atoms with van der Waals surface area (Å²) in [6.45, 7) is 1.54. The Balaban J connectivity index is 1.77. The summed E-state index contributed by atoms with van der Waals surface area (Å²) in [5.74, 6) is -0.551. The molecule has 0 bridgehead atoms. The summed E-state index contributed by atoms with van der Waals surface area (Å²) in [7, 11) is 1.35. The van der Waals surface area contributed by atoms with Gasteiger partial charge in [0.1, 0.15) is 11.3 Å². The first-order valence-corrected chi connectivity index (χ1v) is 7.52. The molecule has 0 aliphatic heterocycles. The molecule has 0 aliphatic carbocycles. The number of carbonyl (C=O) groups excluding carboxylic acids is 1. The lowest BCUT2D eigenvalue weighted by Crippen LogP contribution is -2.12. The summed E-state index contributed by atoms with van der Waals surface area (Å²) in [5, 5.41) is 0.788. The van der Waals surface area contributed by atoms with Crippen molar-refractivity contribution in [3.8, 4) is 11.5 Å². The number of ether oxygens (including phenoxy) is 2. The standard InChI is InChI=1S/C19H15FO5/c1-11-7-19(22)25-18-9-13(4-5-14(11)18)24-10-16(21)12-3-6-17(23-2)15(20)8-12/h3-9H,10H2,1-2H3. The van der Waals surface area contributed by atoms with Crippen molar-refractivity contribution in [1.82, 2.24) is 0 Å². The lowest BCUT2D eigenvalue weighted by molar-refractivity contribution is 0.0921. The van der Waals surface area contributed by atoms with Crippen molar-refractivity contribution in [3.63, 3.8) is 0 Å². The highest BCUT2D eigenvalue weighted by atomic mass is 19.1. The van der Waals surface area contributed by atoms with Gasteiger partial charge in [-0.3, -0.25) is 4.79 Å². The SMILES string of the molecule is COc1ccc(C(=O)COc2ccc3c(C)cc(=O)oc3c2)cc1F. The van der Waals surface area contributed by atoms with E-state index in [0.29, 0.717) is 11.3 Å². The molecule has 0 amide bonds. The summed E-state index contributed by atoms with van der Waals surface area (Å²) in [4.78, 5) is 23.6. The van der Waals surface area contributed by atoms with Crippen LogP contribution in [0.25, 0.3) is 11.0 Å². The van der Waals surface area contributed by atoms with E-state index in [9.17, 15) is 14.0 Å². The van der Waals surface area contributed by atoms with Crippen molar-refractivity contribution < 1.29 is 23.1 Å². The van der Waals surface area contributed by atoms with Gasteiger partial charge in [-0.1, -0.05) is 0 Å². The van der Waals surface area contributed by atoms with E-state index in [1.165, 1.54) is 25.3 Å². The fourth-order valence-electron chi connectivity index (χ4n) is 2.47. The Kier molecular flexibility index (Phi) is 4.52. The highest BCUT2D eigenvalue weighted by molar-refractivity contribution is 5.97. The number of ketones is 1. The maximum absolute atomic E-state index is 13.7. The lowest BCUT2D eigenvalue weighted by Gasteiger charge is -2.08. The van der Waals surface area contributed by atoms with Gasteiger partial charge in [0.15, 0.2) is 24.0 Å². The van der Waals surface area contributed by atoms with E-state index in [-0.39, 0.29) is 23.7 Å². The molecule has 0 N–H and O–H groups in total. The fourth-order valence-corrected chi connectivity index (χ4v) is 2.47. The first-order chi connectivity index (χ1) is 12.0. The van der Waals surface area contributed by atoms with E-state index in [4.69, 9.17) is 13.9 Å². The summed E-state index contributed by atoms with van der Waals surface area (Å²) in [5.41, 5.74) is 0.904. The van der Waals surface area contributed by atoms with Gasteiger partial charge in [0.25, 0.3) is 0 Å². The highest BCUT2D eigenvalue weighted by Crippen LogP contribution is 2.23. The number of fused-ring (bicyclic) bond motifs is 1. The average Bonchev–Trinajstić information content (AvgIpc) is 2.59. The zero-order chi connectivity index (χ0) is 18.0. The van der Waals surface area contributed by atoms with Crippen LogP contribution in [0.3, 0.4) is 0 Å². The molecule has 6 heteroatoms. The minimum Gasteiger partial charge on any atom is -0.494 e. The first-order valence-electron chi connectivity index (χ1n) is 7.52. The summed E-state index contributed by atoms with van der Waals surface area (Å²) < 4.78 is 29.1. The van der Waals surface area contributed by atoms with Gasteiger partial charge in [0.05, 0.1) is 7.11 Å². The van der Waals surface area contributed by atoms with Gasteiger partial charge in [-0.05, 0) is 42.8 Å². The molecule has 128 valence electrons. The molecule has 0 saturated carbocycles. The van der Waals surface area contributed by atoms with Crippen molar-refractivity contribution in [3.05, 3.63) is 69.8 Å². The van der Waals surface area contributed by atoms with E-state index in [0.717, 1.165) is 17.0 Å². The Morgan fingerprint density at radius 1 is 1.16 bits per heavy atom. The quantitative estimate of drug-likeness (QED) is 0.524. The molecule has 5 nitrogen and oxygen atoms in total. The van der Waals surface area contributed by atoms with Crippen molar-refractivity contribution in [2.45, 2.75) is 6.92 Å². The van der Waals surface area contributed by atoms with Crippen LogP contribution in [0, 0.1) is 12.7 Å². The second kappa shape index (κ2) is 6.76. The van der Waals surface area contributed by atoms with Crippen LogP contribution in [-0.2, 0) is 0 Å². The summed E-state index contributed by atoms with van der Waals surface area (Å²) >= 11 is 0. The number of Topliss-reactive ketones (excluding diaryl/α,β-unsaturated/α-hetero) is 1. The Bertz CT molecular complexity index is 1010. The van der Waals surface area contributed by atoms with Crippen molar-refractivity contribution in [2.24, 2.45) is 0 Å². The maximum Gasteiger partial charge on any atom is 0.336 e. The molecule has 2 aromatic carbocycles. The van der Waals surface area contributed by atoms with E-state index in [2.05, 4.69) is 0 Å². The van der Waals surface area contributed by atoms with E-state index >= 15 is 0 Å². The van der Waals surface area contributed by atoms with Crippen LogP contribution in [0.15, 0.2) is 51.7 Å². The van der Waals surface area contributed by atoms with Gasteiger partial charge in [-0.25, -0.2) is 9.18 Å². The molecule has 1 aromatic heterocycles. The smallest absolute Gasteiger partial charge is 0.336 e. The third-order valence-electron chi connectivity index (χ3n) is 3.77. The summed E-state index contributed by atoms with van der Waals surface area (Å²) in [6, 6.07) is 10.3. The number of carbonyl (C=O) groups is 1. The van der Waals surface area contributed by atoms with Crippen LogP contribution >= 0.6 is 0 Å². The molecule has 0 unspecified atom stereocenters. The fraction of sp³-hybridized carbons (Fsp3) is 0.158. The number of hydrogen-bond acceptors (Lipinski definition) is 5. The van der Waals surface area contributed by atoms with Crippen LogP contribution in [0.5, 0.6) is 11.5 Å². The van der Waals surface area contributed by atoms with Crippen molar-refractivity contribution in [2.75, 3.05) is 13.7 Å². The van der Waals surface area contributed by atoms with Crippen LogP contribution < -0.4 is 15.1 Å². The Morgan fingerprint density at radius 3 is 2.68 bits per heavy atom. The largest absolute Gasteiger partial charge is 0.494 e. The minimum absolute atomic E-state index is 0.0670. The van der Waals surface area contributed by atoms with E-state index < -0.39 is 11.4 Å². The predicted molar refractivity (Wildman–Crippen MR) is 90.0 cm³/mol. The first kappa shape index (κ1) is 16.7. The van der Waals surface area contributed by atoms with Crippen molar-refractivity contribution >= 4 is 16.8 Å². The van der Waals surface area contributed by atoms with Crippen LogP contribution in [0.1, 0.15) is 15.9 Å². The monoisotopic (exact) mass is 342 g/mol. The number of benzene rings is 2. The second-order valence-corrected chi connectivity index (χ2v) is 5.47. The zero-order valence-electron chi connectivity index (χ0n) is 13.7. The second-order valence-electron chi connectivity index (χ2n) is 5.47. The zero-order valence-corrected chi connectivity index (χ0v) is 13.7. The molecular weight excluding hydrogens is 327 g/mol. The maximum atomic E-state index is 13.7. The number of hydrogen-bond donors (Lipinski definition) is 0. The minimum atomic E-state index is -0.615. The topological polar surface area (TPSA) is 65.7 Å². The molecule has 0 spiro atoms. The van der Waals surface area contributed by atoms with Gasteiger partial charge in [0.2, 0.25) is 0 Å². The van der Waals surface area contributed by atoms with Gasteiger partial charge in [0, 0.05) is 23.1 Å². The number of methoxy groups -OCH3 is 1. The number of aryl methyl sites for hydroxylation is 1. The lowest BCUT2D eigenvalue weighted by atomic mass is 10.1. The van der Waals surface area contributed by atoms with Gasteiger partial charge < -0.3 is 13.9 Å². The number of rotatable bonds is 5. The van der Waals surface area contributed by atoms with Crippen molar-refractivity contribution in [1.29, 1.82) is 0 Å². The Labute approximate surface area is 142 Å². The van der Waals surface area contributed by atoms with Crippen LogP contribution in [-0.4, -0.2) is 19.5 Å². The van der Waals surface area contributed by atoms with Crippen LogP contribution in [0.4, 0.5) is 4.39 Å².